The van der Waals surface area contributed by atoms with Crippen LogP contribution in [0.5, 0.6) is 0 Å². The van der Waals surface area contributed by atoms with Gasteiger partial charge in [0.05, 0.1) is 0 Å². The van der Waals surface area contributed by atoms with Gasteiger partial charge < -0.3 is 10.2 Å². The highest BCUT2D eigenvalue weighted by molar-refractivity contribution is 4.82. The van der Waals surface area contributed by atoms with E-state index < -0.39 is 0 Å². The van der Waals surface area contributed by atoms with Crippen molar-refractivity contribution in [3.63, 3.8) is 0 Å². The first kappa shape index (κ1) is 15.3. The van der Waals surface area contributed by atoms with Gasteiger partial charge in [-0.3, -0.25) is 0 Å². The van der Waals surface area contributed by atoms with Crippen LogP contribution in [-0.4, -0.2) is 37.1 Å². The summed E-state index contributed by atoms with van der Waals surface area (Å²) in [5, 5.41) is 3.57. The standard InChI is InChI=1S/C17H34N2/c1-14-12-15(7-9-18-14)13-19-10-5-6-16(8-11-19)17(2,3)4/h14-16,18H,5-13H2,1-4H3. The number of rotatable bonds is 2. The topological polar surface area (TPSA) is 15.3 Å². The maximum Gasteiger partial charge on any atom is 0.00418 e. The molecule has 3 atom stereocenters. The van der Waals surface area contributed by atoms with Crippen molar-refractivity contribution in [3.05, 3.63) is 0 Å². The first-order valence-corrected chi connectivity index (χ1v) is 8.41. The molecule has 2 nitrogen and oxygen atoms in total. The average molecular weight is 266 g/mol. The van der Waals surface area contributed by atoms with E-state index in [4.69, 9.17) is 0 Å². The Balaban J connectivity index is 1.79. The molecule has 0 saturated carbocycles. The third-order valence-corrected chi connectivity index (χ3v) is 5.29. The Labute approximate surface area is 120 Å². The molecule has 0 bridgehead atoms. The van der Waals surface area contributed by atoms with Crippen molar-refractivity contribution >= 4 is 0 Å². The molecular formula is C17H34N2. The quantitative estimate of drug-likeness (QED) is 0.822. The van der Waals surface area contributed by atoms with Crippen molar-refractivity contribution in [2.24, 2.45) is 17.3 Å². The molecule has 0 aromatic carbocycles. The van der Waals surface area contributed by atoms with Gasteiger partial charge in [-0.05, 0) is 75.9 Å². The zero-order valence-electron chi connectivity index (χ0n) is 13.5. The lowest BCUT2D eigenvalue weighted by Gasteiger charge is -2.33. The summed E-state index contributed by atoms with van der Waals surface area (Å²) < 4.78 is 0. The van der Waals surface area contributed by atoms with Gasteiger partial charge in [-0.25, -0.2) is 0 Å². The van der Waals surface area contributed by atoms with E-state index in [9.17, 15) is 0 Å². The first-order chi connectivity index (χ1) is 8.95. The molecular weight excluding hydrogens is 232 g/mol. The summed E-state index contributed by atoms with van der Waals surface area (Å²) in [4.78, 5) is 2.76. The molecule has 2 heterocycles. The van der Waals surface area contributed by atoms with Crippen LogP contribution < -0.4 is 5.32 Å². The number of piperidine rings is 1. The Hall–Kier alpha value is -0.0800. The van der Waals surface area contributed by atoms with Crippen LogP contribution in [0.2, 0.25) is 0 Å². The molecule has 2 fully saturated rings. The second-order valence-electron chi connectivity index (χ2n) is 8.04. The van der Waals surface area contributed by atoms with E-state index in [-0.39, 0.29) is 0 Å². The number of nitrogens with one attached hydrogen (secondary N) is 1. The summed E-state index contributed by atoms with van der Waals surface area (Å²) in [7, 11) is 0. The van der Waals surface area contributed by atoms with Gasteiger partial charge in [0, 0.05) is 12.6 Å². The largest absolute Gasteiger partial charge is 0.314 e. The fraction of sp³-hybridized carbons (Fsp3) is 1.00. The highest BCUT2D eigenvalue weighted by atomic mass is 15.1. The van der Waals surface area contributed by atoms with Crippen LogP contribution in [0.1, 0.15) is 59.8 Å². The second kappa shape index (κ2) is 6.58. The zero-order valence-corrected chi connectivity index (χ0v) is 13.5. The Kier molecular flexibility index (Phi) is 5.30. The molecule has 0 aromatic rings. The van der Waals surface area contributed by atoms with Crippen LogP contribution in [0.3, 0.4) is 0 Å². The maximum absolute atomic E-state index is 3.57. The first-order valence-electron chi connectivity index (χ1n) is 8.41. The van der Waals surface area contributed by atoms with Crippen LogP contribution in [0.15, 0.2) is 0 Å². The fourth-order valence-corrected chi connectivity index (χ4v) is 3.97. The lowest BCUT2D eigenvalue weighted by Crippen LogP contribution is -2.41. The molecule has 3 unspecified atom stereocenters. The molecule has 19 heavy (non-hydrogen) atoms. The molecule has 0 spiro atoms. The Morgan fingerprint density at radius 1 is 1.11 bits per heavy atom. The normalized spacial score (nSPS) is 35.1. The van der Waals surface area contributed by atoms with Crippen LogP contribution in [0.25, 0.3) is 0 Å². The molecule has 2 rings (SSSR count). The minimum Gasteiger partial charge on any atom is -0.314 e. The van der Waals surface area contributed by atoms with Crippen LogP contribution in [0.4, 0.5) is 0 Å². The summed E-state index contributed by atoms with van der Waals surface area (Å²) in [5.41, 5.74) is 0.499. The number of hydrogen-bond acceptors (Lipinski definition) is 2. The molecule has 0 amide bonds. The van der Waals surface area contributed by atoms with Gasteiger partial charge in [-0.15, -0.1) is 0 Å². The average Bonchev–Trinajstić information content (AvgIpc) is 2.54. The predicted octanol–water partition coefficient (Wildman–Crippen LogP) is 3.52. The van der Waals surface area contributed by atoms with Crippen molar-refractivity contribution in [2.45, 2.75) is 65.8 Å². The smallest absolute Gasteiger partial charge is 0.00418 e. The Bertz CT molecular complexity index is 269. The van der Waals surface area contributed by atoms with Crippen LogP contribution in [0, 0.1) is 17.3 Å². The molecule has 2 heteroatoms. The lowest BCUT2D eigenvalue weighted by atomic mass is 9.77. The summed E-state index contributed by atoms with van der Waals surface area (Å²) >= 11 is 0. The molecule has 2 saturated heterocycles. The van der Waals surface area contributed by atoms with Gasteiger partial charge in [-0.1, -0.05) is 20.8 Å². The second-order valence-corrected chi connectivity index (χ2v) is 8.04. The fourth-order valence-electron chi connectivity index (χ4n) is 3.97. The molecule has 0 aromatic heterocycles. The van der Waals surface area contributed by atoms with Gasteiger partial charge in [0.25, 0.3) is 0 Å². The van der Waals surface area contributed by atoms with E-state index in [1.165, 1.54) is 58.3 Å². The predicted molar refractivity (Wildman–Crippen MR) is 83.4 cm³/mol. The summed E-state index contributed by atoms with van der Waals surface area (Å²) in [6, 6.07) is 0.730. The van der Waals surface area contributed by atoms with Crippen molar-refractivity contribution in [3.8, 4) is 0 Å². The van der Waals surface area contributed by atoms with E-state index in [1.807, 2.05) is 0 Å². The zero-order chi connectivity index (χ0) is 13.9. The van der Waals surface area contributed by atoms with E-state index in [0.29, 0.717) is 5.41 Å². The van der Waals surface area contributed by atoms with Crippen LogP contribution >= 0.6 is 0 Å². The molecule has 0 radical (unpaired) electrons. The van der Waals surface area contributed by atoms with Gasteiger partial charge in [-0.2, -0.15) is 0 Å². The molecule has 0 aliphatic carbocycles. The van der Waals surface area contributed by atoms with Gasteiger partial charge in [0.2, 0.25) is 0 Å². The Morgan fingerprint density at radius 3 is 2.58 bits per heavy atom. The van der Waals surface area contributed by atoms with Gasteiger partial charge in [0.1, 0.15) is 0 Å². The van der Waals surface area contributed by atoms with Gasteiger partial charge >= 0.3 is 0 Å². The van der Waals surface area contributed by atoms with Gasteiger partial charge in [0.15, 0.2) is 0 Å². The van der Waals surface area contributed by atoms with Crippen molar-refractivity contribution in [1.29, 1.82) is 0 Å². The third kappa shape index (κ3) is 4.75. The molecule has 112 valence electrons. The number of likely N-dealkylation sites (tertiary alicyclic amines) is 1. The third-order valence-electron chi connectivity index (χ3n) is 5.29. The number of nitrogens with zero attached hydrogens (tertiary/aromatic N) is 1. The van der Waals surface area contributed by atoms with E-state index in [1.54, 1.807) is 0 Å². The van der Waals surface area contributed by atoms with E-state index >= 15 is 0 Å². The summed E-state index contributed by atoms with van der Waals surface area (Å²) in [6.45, 7) is 14.8. The maximum atomic E-state index is 3.57. The number of hydrogen-bond donors (Lipinski definition) is 1. The van der Waals surface area contributed by atoms with Crippen LogP contribution in [-0.2, 0) is 0 Å². The highest BCUT2D eigenvalue weighted by Gasteiger charge is 2.28. The molecule has 2 aliphatic heterocycles. The highest BCUT2D eigenvalue weighted by Crippen LogP contribution is 2.34. The van der Waals surface area contributed by atoms with Crippen molar-refractivity contribution < 1.29 is 0 Å². The summed E-state index contributed by atoms with van der Waals surface area (Å²) in [6.07, 6.45) is 7.00. The molecule has 2 aliphatic rings. The van der Waals surface area contributed by atoms with E-state index in [2.05, 4.69) is 37.9 Å². The minimum atomic E-state index is 0.499. The van der Waals surface area contributed by atoms with Crippen molar-refractivity contribution in [2.75, 3.05) is 26.2 Å². The van der Waals surface area contributed by atoms with Crippen molar-refractivity contribution in [1.82, 2.24) is 10.2 Å². The SMILES string of the molecule is CC1CC(CN2CCCC(C(C)(C)C)CC2)CCN1. The monoisotopic (exact) mass is 266 g/mol. The minimum absolute atomic E-state index is 0.499. The van der Waals surface area contributed by atoms with E-state index in [0.717, 1.165) is 17.9 Å². The lowest BCUT2D eigenvalue weighted by molar-refractivity contribution is 0.181. The molecule has 1 N–H and O–H groups in total. The Morgan fingerprint density at radius 2 is 1.89 bits per heavy atom. The summed E-state index contributed by atoms with van der Waals surface area (Å²) in [5.74, 6) is 1.85.